The van der Waals surface area contributed by atoms with Gasteiger partial charge in [-0.2, -0.15) is 9.50 Å². The van der Waals surface area contributed by atoms with E-state index < -0.39 is 0 Å². The molecule has 7 nitrogen and oxygen atoms in total. The fourth-order valence-electron chi connectivity index (χ4n) is 2.21. The Hall–Kier alpha value is -2.83. The molecule has 0 spiro atoms. The first-order chi connectivity index (χ1) is 10.6. The molecule has 0 saturated carbocycles. The van der Waals surface area contributed by atoms with Gasteiger partial charge in [0.2, 0.25) is 5.95 Å². The van der Waals surface area contributed by atoms with Crippen molar-refractivity contribution in [1.82, 2.24) is 19.6 Å². The number of para-hydroxylation sites is 1. The summed E-state index contributed by atoms with van der Waals surface area (Å²) < 4.78 is 6.65. The molecule has 7 heteroatoms. The zero-order chi connectivity index (χ0) is 15.7. The molecule has 2 heterocycles. The summed E-state index contributed by atoms with van der Waals surface area (Å²) in [6.45, 7) is 4.07. The van der Waals surface area contributed by atoms with Crippen molar-refractivity contribution in [1.29, 1.82) is 0 Å². The van der Waals surface area contributed by atoms with Crippen molar-refractivity contribution in [3.05, 3.63) is 51.4 Å². The van der Waals surface area contributed by atoms with E-state index in [4.69, 9.17) is 4.74 Å². The lowest BCUT2D eigenvalue weighted by Gasteiger charge is -2.08. The number of H-pyrrole nitrogens is 1. The topological polar surface area (TPSA) is 84.3 Å². The summed E-state index contributed by atoms with van der Waals surface area (Å²) in [7, 11) is 1.63. The van der Waals surface area contributed by atoms with Gasteiger partial charge in [-0.1, -0.05) is 18.2 Å². The Morgan fingerprint density at radius 1 is 1.27 bits per heavy atom. The molecule has 1 aromatic carbocycles. The van der Waals surface area contributed by atoms with Crippen molar-refractivity contribution in [3.8, 4) is 5.75 Å². The van der Waals surface area contributed by atoms with E-state index in [0.29, 0.717) is 29.5 Å². The Morgan fingerprint density at radius 3 is 2.82 bits per heavy atom. The molecule has 0 atom stereocenters. The SMILES string of the molecule is COc1ccccc1CNc1nc2nc(C)c(C)c(=O)n2[nH]1. The molecule has 0 saturated heterocycles. The van der Waals surface area contributed by atoms with E-state index in [1.807, 2.05) is 24.3 Å². The number of nitrogens with one attached hydrogen (secondary N) is 2. The maximum atomic E-state index is 12.1. The Balaban J connectivity index is 1.89. The molecule has 0 fully saturated rings. The zero-order valence-electron chi connectivity index (χ0n) is 12.7. The minimum atomic E-state index is -0.139. The van der Waals surface area contributed by atoms with Gasteiger partial charge in [0.1, 0.15) is 5.75 Å². The molecule has 114 valence electrons. The number of nitrogens with zero attached hydrogens (tertiary/aromatic N) is 3. The molecule has 0 amide bonds. The van der Waals surface area contributed by atoms with Crippen LogP contribution in [0, 0.1) is 13.8 Å². The van der Waals surface area contributed by atoms with Gasteiger partial charge in [-0.3, -0.25) is 9.89 Å². The number of aryl methyl sites for hydroxylation is 1. The van der Waals surface area contributed by atoms with Crippen LogP contribution >= 0.6 is 0 Å². The van der Waals surface area contributed by atoms with Crippen molar-refractivity contribution >= 4 is 11.7 Å². The van der Waals surface area contributed by atoms with E-state index in [1.165, 1.54) is 4.52 Å². The monoisotopic (exact) mass is 299 g/mol. The normalized spacial score (nSPS) is 10.9. The number of aromatic nitrogens is 4. The van der Waals surface area contributed by atoms with E-state index in [1.54, 1.807) is 21.0 Å². The van der Waals surface area contributed by atoms with Gasteiger partial charge in [-0.25, -0.2) is 4.98 Å². The van der Waals surface area contributed by atoms with Crippen LogP contribution < -0.4 is 15.6 Å². The number of anilines is 1. The Morgan fingerprint density at radius 2 is 2.05 bits per heavy atom. The van der Waals surface area contributed by atoms with Crippen LogP contribution in [0.15, 0.2) is 29.1 Å². The highest BCUT2D eigenvalue weighted by molar-refractivity contribution is 5.41. The quantitative estimate of drug-likeness (QED) is 0.765. The van der Waals surface area contributed by atoms with Crippen LogP contribution in [0.1, 0.15) is 16.8 Å². The van der Waals surface area contributed by atoms with Gasteiger partial charge in [0.15, 0.2) is 0 Å². The van der Waals surface area contributed by atoms with Gasteiger partial charge in [0.05, 0.1) is 7.11 Å². The third-order valence-electron chi connectivity index (χ3n) is 3.60. The van der Waals surface area contributed by atoms with E-state index in [0.717, 1.165) is 11.3 Å². The van der Waals surface area contributed by atoms with Crippen molar-refractivity contribution in [2.45, 2.75) is 20.4 Å². The standard InChI is InChI=1S/C15H17N5O2/c1-9-10(2)17-15-18-14(19-20(15)13(9)21)16-8-11-6-4-5-7-12(11)22-3/h4-7H,8H2,1-3H3,(H2,16,17,18,19). The summed E-state index contributed by atoms with van der Waals surface area (Å²) in [4.78, 5) is 20.7. The van der Waals surface area contributed by atoms with Crippen LogP contribution in [0.2, 0.25) is 0 Å². The summed E-state index contributed by atoms with van der Waals surface area (Å²) in [6, 6.07) is 7.72. The maximum absolute atomic E-state index is 12.1. The molecule has 3 rings (SSSR count). The second-order valence-electron chi connectivity index (χ2n) is 5.00. The average molecular weight is 299 g/mol. The zero-order valence-corrected chi connectivity index (χ0v) is 12.7. The van der Waals surface area contributed by atoms with Gasteiger partial charge in [0, 0.05) is 23.4 Å². The predicted molar refractivity (Wildman–Crippen MR) is 83.4 cm³/mol. The predicted octanol–water partition coefficient (Wildman–Crippen LogP) is 1.66. The molecule has 3 aromatic rings. The number of hydrogen-bond donors (Lipinski definition) is 2. The van der Waals surface area contributed by atoms with Gasteiger partial charge in [-0.05, 0) is 19.9 Å². The van der Waals surface area contributed by atoms with Crippen LogP contribution in [-0.2, 0) is 6.54 Å². The molecular formula is C15H17N5O2. The highest BCUT2D eigenvalue weighted by atomic mass is 16.5. The minimum Gasteiger partial charge on any atom is -0.496 e. The lowest BCUT2D eigenvalue weighted by Crippen LogP contribution is -2.19. The number of rotatable bonds is 4. The molecule has 0 radical (unpaired) electrons. The molecule has 0 aliphatic heterocycles. The molecule has 22 heavy (non-hydrogen) atoms. The molecule has 0 bridgehead atoms. The first kappa shape index (κ1) is 14.1. The summed E-state index contributed by atoms with van der Waals surface area (Å²) >= 11 is 0. The number of benzene rings is 1. The lowest BCUT2D eigenvalue weighted by atomic mass is 10.2. The van der Waals surface area contributed by atoms with Gasteiger partial charge in [-0.15, -0.1) is 0 Å². The molecule has 0 aliphatic rings. The fourth-order valence-corrected chi connectivity index (χ4v) is 2.21. The van der Waals surface area contributed by atoms with Gasteiger partial charge in [0.25, 0.3) is 11.3 Å². The first-order valence-corrected chi connectivity index (χ1v) is 6.92. The first-order valence-electron chi connectivity index (χ1n) is 6.92. The summed E-state index contributed by atoms with van der Waals surface area (Å²) in [5.74, 6) is 1.64. The smallest absolute Gasteiger partial charge is 0.277 e. The molecular weight excluding hydrogens is 282 g/mol. The van der Waals surface area contributed by atoms with E-state index in [2.05, 4.69) is 20.4 Å². The lowest BCUT2D eigenvalue weighted by molar-refractivity contribution is 0.410. The molecule has 2 aromatic heterocycles. The Bertz CT molecular complexity index is 881. The number of fused-ring (bicyclic) bond motifs is 1. The maximum Gasteiger partial charge on any atom is 0.277 e. The van der Waals surface area contributed by atoms with Crippen molar-refractivity contribution in [2.24, 2.45) is 0 Å². The second-order valence-corrected chi connectivity index (χ2v) is 5.00. The fraction of sp³-hybridized carbons (Fsp3) is 0.267. The van der Waals surface area contributed by atoms with Crippen molar-refractivity contribution < 1.29 is 4.74 Å². The third-order valence-corrected chi connectivity index (χ3v) is 3.60. The Kier molecular flexibility index (Phi) is 3.54. The highest BCUT2D eigenvalue weighted by Gasteiger charge is 2.10. The minimum absolute atomic E-state index is 0.139. The van der Waals surface area contributed by atoms with Crippen molar-refractivity contribution in [2.75, 3.05) is 12.4 Å². The summed E-state index contributed by atoms with van der Waals surface area (Å²) in [5.41, 5.74) is 2.16. The average Bonchev–Trinajstić information content (AvgIpc) is 2.94. The molecule has 0 unspecified atom stereocenters. The van der Waals surface area contributed by atoms with Crippen LogP contribution in [0.4, 0.5) is 5.95 Å². The number of ether oxygens (including phenoxy) is 1. The number of methoxy groups -OCH3 is 1. The van der Waals surface area contributed by atoms with Crippen LogP contribution in [0.5, 0.6) is 5.75 Å². The third kappa shape index (κ3) is 2.41. The van der Waals surface area contributed by atoms with Gasteiger partial charge < -0.3 is 10.1 Å². The van der Waals surface area contributed by atoms with Crippen LogP contribution in [0.3, 0.4) is 0 Å². The Labute approximate surface area is 127 Å². The van der Waals surface area contributed by atoms with Crippen LogP contribution in [-0.4, -0.2) is 26.7 Å². The summed E-state index contributed by atoms with van der Waals surface area (Å²) in [5, 5.41) is 6.06. The van der Waals surface area contributed by atoms with Crippen molar-refractivity contribution in [3.63, 3.8) is 0 Å². The number of hydrogen-bond acceptors (Lipinski definition) is 5. The van der Waals surface area contributed by atoms with E-state index in [-0.39, 0.29) is 5.56 Å². The highest BCUT2D eigenvalue weighted by Crippen LogP contribution is 2.18. The van der Waals surface area contributed by atoms with E-state index >= 15 is 0 Å². The second kappa shape index (κ2) is 5.51. The summed E-state index contributed by atoms with van der Waals surface area (Å²) in [6.07, 6.45) is 0. The van der Waals surface area contributed by atoms with Crippen LogP contribution in [0.25, 0.3) is 5.78 Å². The largest absolute Gasteiger partial charge is 0.496 e. The molecule has 2 N–H and O–H groups in total. The van der Waals surface area contributed by atoms with E-state index in [9.17, 15) is 4.79 Å². The van der Waals surface area contributed by atoms with Gasteiger partial charge >= 0.3 is 0 Å². The number of aromatic amines is 1. The molecule has 0 aliphatic carbocycles.